The minimum Gasteiger partial charge on any atom is -0.507 e. The van der Waals surface area contributed by atoms with Gasteiger partial charge in [0.15, 0.2) is 17.8 Å². The fourth-order valence-electron chi connectivity index (χ4n) is 9.70. The lowest BCUT2D eigenvalue weighted by Gasteiger charge is -2.19. The summed E-state index contributed by atoms with van der Waals surface area (Å²) < 4.78 is 17.6. The number of carbonyl (C=O) groups excluding carboxylic acids is 6. The molecule has 2 aliphatic heterocycles. The molecule has 3 aliphatic rings. The number of benzene rings is 4. The number of phenols is 1. The topological polar surface area (TPSA) is 229 Å². The van der Waals surface area contributed by atoms with Crippen LogP contribution in [0.1, 0.15) is 93.3 Å². The first kappa shape index (κ1) is 57.9. The molecule has 0 saturated heterocycles. The van der Waals surface area contributed by atoms with Crippen LogP contribution in [0.2, 0.25) is 0 Å². The van der Waals surface area contributed by atoms with Crippen molar-refractivity contribution in [1.82, 2.24) is 26.2 Å². The second-order valence-electron chi connectivity index (χ2n) is 20.3. The molecule has 5 amide bonds. The number of carbonyl (C=O) groups is 6. The highest BCUT2D eigenvalue weighted by Gasteiger charge is 2.37. The first-order chi connectivity index (χ1) is 37.6. The van der Waals surface area contributed by atoms with Crippen LogP contribution in [-0.2, 0) is 41.6 Å². The van der Waals surface area contributed by atoms with Crippen LogP contribution in [0.4, 0.5) is 17.1 Å². The zero-order chi connectivity index (χ0) is 55.9. The number of likely N-dealkylation sites (N-methyl/N-ethyl adjacent to an activating group) is 1. The molecule has 1 aliphatic carbocycles. The van der Waals surface area contributed by atoms with E-state index in [2.05, 4.69) is 47.4 Å². The number of hydrogen-bond donors (Lipinski definition) is 6. The normalized spacial score (nSPS) is 16.3. The summed E-state index contributed by atoms with van der Waals surface area (Å²) in [7, 11) is 5.10. The van der Waals surface area contributed by atoms with E-state index in [9.17, 15) is 33.9 Å². The average molecular weight is 1070 g/mol. The summed E-state index contributed by atoms with van der Waals surface area (Å²) in [4.78, 5) is 85.9. The van der Waals surface area contributed by atoms with Crippen molar-refractivity contribution in [2.24, 2.45) is 16.8 Å². The molecular weight excluding hydrogens is 993 g/mol. The Balaban J connectivity index is 0.870. The number of unbranched alkanes of at least 4 members (excludes halogenated alkanes) is 1. The van der Waals surface area contributed by atoms with E-state index in [1.165, 1.54) is 12.7 Å². The third-order valence-corrected chi connectivity index (χ3v) is 14.4. The molecule has 4 aromatic rings. The van der Waals surface area contributed by atoms with Crippen molar-refractivity contribution in [3.8, 4) is 17.2 Å². The lowest BCUT2D eigenvalue weighted by atomic mass is 9.96. The number of hydrogen-bond acceptors (Lipinski definition) is 13. The van der Waals surface area contributed by atoms with Crippen molar-refractivity contribution >= 4 is 76.3 Å². The Morgan fingerprint density at radius 3 is 2.36 bits per heavy atom. The smallest absolute Gasteiger partial charge is 0.253 e. The summed E-state index contributed by atoms with van der Waals surface area (Å²) in [5.74, 6) is -0.403. The van der Waals surface area contributed by atoms with Gasteiger partial charge < -0.3 is 55.7 Å². The van der Waals surface area contributed by atoms with Gasteiger partial charge in [-0.25, -0.2) is 0 Å². The van der Waals surface area contributed by atoms with Crippen molar-refractivity contribution in [3.63, 3.8) is 0 Å². The molecule has 3 atom stereocenters. The summed E-state index contributed by atoms with van der Waals surface area (Å²) in [6.45, 7) is 8.62. The summed E-state index contributed by atoms with van der Waals surface area (Å²) in [6, 6.07) is 20.8. The van der Waals surface area contributed by atoms with Crippen molar-refractivity contribution < 1.29 is 48.1 Å². The van der Waals surface area contributed by atoms with Gasteiger partial charge in [0.25, 0.3) is 5.91 Å². The quantitative estimate of drug-likeness (QED) is 0.0204. The molecule has 1 saturated carbocycles. The number of rotatable bonds is 26. The van der Waals surface area contributed by atoms with Gasteiger partial charge in [0.05, 0.1) is 44.2 Å². The number of amides is 5. The Hall–Kier alpha value is -7.83. The van der Waals surface area contributed by atoms with E-state index in [0.717, 1.165) is 63.9 Å². The number of aliphatic imine (C=N–C) groups is 1. The fraction of sp³-hybridized carbons (Fsp3) is 0.417. The fourth-order valence-corrected chi connectivity index (χ4v) is 9.70. The maximum Gasteiger partial charge on any atom is 0.253 e. The first-order valence-electron chi connectivity index (χ1n) is 26.8. The molecule has 78 heavy (non-hydrogen) atoms. The van der Waals surface area contributed by atoms with Gasteiger partial charge >= 0.3 is 0 Å². The zero-order valence-corrected chi connectivity index (χ0v) is 45.8. The van der Waals surface area contributed by atoms with Crippen molar-refractivity contribution in [3.05, 3.63) is 112 Å². The Labute approximate surface area is 456 Å². The Morgan fingerprint density at radius 2 is 1.68 bits per heavy atom. The van der Waals surface area contributed by atoms with Crippen LogP contribution in [0, 0.1) is 11.8 Å². The first-order valence-corrected chi connectivity index (χ1v) is 26.8. The zero-order valence-electron chi connectivity index (χ0n) is 45.8. The molecule has 1 fully saturated rings. The van der Waals surface area contributed by atoms with E-state index < -0.39 is 24.0 Å². The SMILES string of the molecule is C/C=c1/c(O)cc2c(/c1=C(\C)C(C)C)CCN2C(=O)CCCCOc1cc(/N=C\C2CC(c3ccc(NC(=O)C(OCNC(=O)CNC(=O)C(Cc4ccccc4)NC(=O)CNC)C4CC4)cc3)=CN2C)c(C=O)cc1OC. The summed E-state index contributed by atoms with van der Waals surface area (Å²) in [5, 5.41) is 26.4. The highest BCUT2D eigenvalue weighted by Crippen LogP contribution is 2.37. The predicted octanol–water partition coefficient (Wildman–Crippen LogP) is 5.30. The summed E-state index contributed by atoms with van der Waals surface area (Å²) in [5.41, 5.74) is 7.29. The third-order valence-electron chi connectivity index (χ3n) is 14.4. The molecule has 3 unspecified atom stereocenters. The Kier molecular flexibility index (Phi) is 20.4. The monoisotopic (exact) mass is 1070 g/mol. The van der Waals surface area contributed by atoms with Crippen LogP contribution in [0.25, 0.3) is 17.2 Å². The number of aldehydes is 1. The maximum atomic E-state index is 13.5. The standard InChI is InChI=1S/C60H74N8O10/c1-8-46-51(70)30-50-47(57(46)38(4)37(2)3)23-24-68(50)56(73)16-12-13-25-77-53-29-48(43(35-69)28-52(53)76-7)62-31-45-27-42(34-67(45)6)40-19-21-44(22-20-40)65-60(75)58(41-17-18-41)78-36-64-54(71)33-63-59(74)49(66-55(72)32-61-5)26-39-14-10-9-11-15-39/h8-11,14-15,19-22,28-31,34-35,37,41,45,49,58,61,70H,12-13,16-18,23-27,32-33,36H2,1-7H3,(H,63,74)(H,64,71)(H,65,75)(H,66,72)/b46-8-,57-38+,62-31-. The van der Waals surface area contributed by atoms with Crippen LogP contribution in [0.3, 0.4) is 0 Å². The molecule has 18 heteroatoms. The molecule has 0 bridgehead atoms. The van der Waals surface area contributed by atoms with E-state index in [0.29, 0.717) is 73.2 Å². The van der Waals surface area contributed by atoms with Crippen molar-refractivity contribution in [2.75, 3.05) is 64.4 Å². The minimum absolute atomic E-state index is 0.00312. The van der Waals surface area contributed by atoms with Gasteiger partial charge in [-0.3, -0.25) is 33.8 Å². The number of ether oxygens (including phenoxy) is 3. The van der Waals surface area contributed by atoms with Gasteiger partial charge in [-0.15, -0.1) is 0 Å². The minimum atomic E-state index is -0.890. The van der Waals surface area contributed by atoms with Crippen LogP contribution in [0.5, 0.6) is 17.2 Å². The summed E-state index contributed by atoms with van der Waals surface area (Å²) in [6.07, 6.45) is 10.5. The second-order valence-corrected chi connectivity index (χ2v) is 20.3. The van der Waals surface area contributed by atoms with Crippen LogP contribution < -0.4 is 51.4 Å². The van der Waals surface area contributed by atoms with E-state index in [4.69, 9.17) is 19.2 Å². The summed E-state index contributed by atoms with van der Waals surface area (Å²) >= 11 is 0. The molecule has 18 nitrogen and oxygen atoms in total. The van der Waals surface area contributed by atoms with E-state index in [1.807, 2.05) is 85.7 Å². The highest BCUT2D eigenvalue weighted by atomic mass is 16.5. The molecule has 6 N–H and O–H groups in total. The van der Waals surface area contributed by atoms with Gasteiger partial charge in [0.2, 0.25) is 23.6 Å². The van der Waals surface area contributed by atoms with Gasteiger partial charge in [-0.2, -0.15) is 0 Å². The lowest BCUT2D eigenvalue weighted by Crippen LogP contribution is -2.51. The average Bonchev–Trinajstić information content (AvgIpc) is 4.11. The highest BCUT2D eigenvalue weighted by molar-refractivity contribution is 5.97. The molecule has 2 heterocycles. The predicted molar refractivity (Wildman–Crippen MR) is 302 cm³/mol. The Bertz CT molecular complexity index is 3010. The number of anilines is 2. The third kappa shape index (κ3) is 15.0. The molecular formula is C60H74N8O10. The molecule has 414 valence electrons. The number of methoxy groups -OCH3 is 1. The van der Waals surface area contributed by atoms with E-state index in [-0.39, 0.29) is 61.7 Å². The van der Waals surface area contributed by atoms with E-state index in [1.54, 1.807) is 36.4 Å². The maximum absolute atomic E-state index is 13.5. The van der Waals surface area contributed by atoms with Crippen LogP contribution in [0.15, 0.2) is 84.0 Å². The number of nitrogens with zero attached hydrogens (tertiary/aromatic N) is 3. The molecule has 0 radical (unpaired) electrons. The number of fused-ring (bicyclic) bond motifs is 1. The largest absolute Gasteiger partial charge is 0.507 e. The molecule has 7 rings (SSSR count). The van der Waals surface area contributed by atoms with Gasteiger partial charge in [-0.1, -0.05) is 68.0 Å². The number of aromatic hydroxyl groups is 1. The van der Waals surface area contributed by atoms with Crippen molar-refractivity contribution in [2.45, 2.75) is 97.2 Å². The molecule has 4 aromatic carbocycles. The van der Waals surface area contributed by atoms with Crippen molar-refractivity contribution in [1.29, 1.82) is 0 Å². The number of phenolic OH excluding ortho intramolecular Hbond substituents is 1. The van der Waals surface area contributed by atoms with Gasteiger partial charge in [-0.05, 0) is 117 Å². The van der Waals surface area contributed by atoms with Crippen LogP contribution >= 0.6 is 0 Å². The second kappa shape index (κ2) is 27.5. The Morgan fingerprint density at radius 1 is 0.923 bits per heavy atom. The van der Waals surface area contributed by atoms with E-state index >= 15 is 0 Å². The van der Waals surface area contributed by atoms with Crippen LogP contribution in [-0.4, -0.2) is 124 Å². The molecule has 0 spiro atoms. The van der Waals surface area contributed by atoms with Gasteiger partial charge in [0.1, 0.15) is 24.6 Å². The van der Waals surface area contributed by atoms with Gasteiger partial charge in [0, 0.05) is 67.5 Å². The number of nitrogens with one attached hydrogen (secondary N) is 5. The molecule has 0 aromatic heterocycles. The lowest BCUT2D eigenvalue weighted by molar-refractivity contribution is -0.133.